The first-order valence-corrected chi connectivity index (χ1v) is 9.96. The van der Waals surface area contributed by atoms with Crippen LogP contribution in [0.15, 0.2) is 42.7 Å². The standard InChI is InChI=1S/C22H19ClF2N4O3/c1-21(20(27)30)10-32-19-13(21)6-17(22(31,9-26)11-3-2-4-28-8-11)29-18(19)12-5-14(23)16(25)7-15(12)24/h2-8,31H,9-10,26H2,1H3,(H2,27,30)/t21-,22+/m0/s1. The number of rotatable bonds is 5. The summed E-state index contributed by atoms with van der Waals surface area (Å²) in [5.74, 6) is -2.50. The SMILES string of the molecule is C[C@]1(C(N)=O)COc2c1cc([C@@](O)(CN)c1cccnc1)nc2-c1cc(Cl)c(F)cc1F. The molecule has 32 heavy (non-hydrogen) atoms. The Bertz CT molecular complexity index is 1230. The van der Waals surface area contributed by atoms with Gasteiger partial charge < -0.3 is 21.3 Å². The average molecular weight is 461 g/mol. The Kier molecular flexibility index (Phi) is 5.36. The molecule has 0 unspecified atom stereocenters. The fourth-order valence-electron chi connectivity index (χ4n) is 3.66. The van der Waals surface area contributed by atoms with Crippen LogP contribution in [-0.2, 0) is 15.8 Å². The summed E-state index contributed by atoms with van der Waals surface area (Å²) in [6.07, 6.45) is 2.94. The van der Waals surface area contributed by atoms with Crippen molar-refractivity contribution in [1.29, 1.82) is 0 Å². The number of carbonyl (C=O) groups excluding carboxylic acids is 1. The minimum absolute atomic E-state index is 0.0135. The Labute approximate surface area is 187 Å². The number of halogens is 3. The fourth-order valence-corrected chi connectivity index (χ4v) is 3.83. The third-order valence-electron chi connectivity index (χ3n) is 5.74. The second kappa shape index (κ2) is 7.77. The second-order valence-corrected chi connectivity index (χ2v) is 8.18. The number of carbonyl (C=O) groups is 1. The van der Waals surface area contributed by atoms with Crippen LogP contribution < -0.4 is 16.2 Å². The molecule has 0 bridgehead atoms. The lowest BCUT2D eigenvalue weighted by Crippen LogP contribution is -2.41. The van der Waals surface area contributed by atoms with E-state index >= 15 is 0 Å². The molecule has 0 radical (unpaired) electrons. The molecular weight excluding hydrogens is 442 g/mol. The van der Waals surface area contributed by atoms with Crippen LogP contribution in [-0.4, -0.2) is 34.1 Å². The van der Waals surface area contributed by atoms with Gasteiger partial charge in [0, 0.05) is 41.7 Å². The number of ether oxygens (including phenoxy) is 1. The smallest absolute Gasteiger partial charge is 0.231 e. The second-order valence-electron chi connectivity index (χ2n) is 7.77. The number of nitrogens with two attached hydrogens (primary N) is 2. The van der Waals surface area contributed by atoms with Gasteiger partial charge in [0.1, 0.15) is 40.7 Å². The number of primary amides is 1. The first kappa shape index (κ1) is 22.1. The Morgan fingerprint density at radius 1 is 1.34 bits per heavy atom. The lowest BCUT2D eigenvalue weighted by atomic mass is 9.81. The Morgan fingerprint density at radius 3 is 2.72 bits per heavy atom. The molecule has 0 saturated heterocycles. The minimum atomic E-state index is -1.83. The van der Waals surface area contributed by atoms with Crippen molar-refractivity contribution in [1.82, 2.24) is 9.97 Å². The summed E-state index contributed by atoms with van der Waals surface area (Å²) in [6, 6.07) is 6.36. The number of pyridine rings is 2. The molecule has 166 valence electrons. The molecule has 5 N–H and O–H groups in total. The molecule has 7 nitrogen and oxygen atoms in total. The predicted octanol–water partition coefficient (Wildman–Crippen LogP) is 2.41. The molecule has 1 aromatic carbocycles. The van der Waals surface area contributed by atoms with Crippen LogP contribution >= 0.6 is 11.6 Å². The Morgan fingerprint density at radius 2 is 2.09 bits per heavy atom. The topological polar surface area (TPSA) is 124 Å². The van der Waals surface area contributed by atoms with Crippen LogP contribution in [0.25, 0.3) is 11.3 Å². The van der Waals surface area contributed by atoms with E-state index in [0.29, 0.717) is 17.2 Å². The molecule has 1 aliphatic heterocycles. The lowest BCUT2D eigenvalue weighted by molar-refractivity contribution is -0.123. The summed E-state index contributed by atoms with van der Waals surface area (Å²) in [6.45, 7) is 1.14. The number of aromatic nitrogens is 2. The first-order chi connectivity index (χ1) is 15.1. The van der Waals surface area contributed by atoms with Crippen LogP contribution in [0.5, 0.6) is 5.75 Å². The van der Waals surface area contributed by atoms with Gasteiger partial charge in [-0.25, -0.2) is 13.8 Å². The normalized spacial score (nSPS) is 19.2. The zero-order chi connectivity index (χ0) is 23.3. The van der Waals surface area contributed by atoms with E-state index in [4.69, 9.17) is 27.8 Å². The summed E-state index contributed by atoms with van der Waals surface area (Å²) < 4.78 is 34.3. The van der Waals surface area contributed by atoms with E-state index in [-0.39, 0.29) is 40.9 Å². The van der Waals surface area contributed by atoms with Gasteiger partial charge in [0.15, 0.2) is 0 Å². The van der Waals surface area contributed by atoms with Crippen molar-refractivity contribution in [2.75, 3.05) is 13.2 Å². The highest BCUT2D eigenvalue weighted by molar-refractivity contribution is 6.31. The summed E-state index contributed by atoms with van der Waals surface area (Å²) in [4.78, 5) is 20.7. The molecule has 0 saturated carbocycles. The monoisotopic (exact) mass is 460 g/mol. The number of aliphatic hydroxyl groups is 1. The average Bonchev–Trinajstić information content (AvgIpc) is 3.14. The van der Waals surface area contributed by atoms with Crippen molar-refractivity contribution in [2.24, 2.45) is 11.5 Å². The van der Waals surface area contributed by atoms with Gasteiger partial charge in [-0.2, -0.15) is 0 Å². The van der Waals surface area contributed by atoms with Gasteiger partial charge in [0.25, 0.3) is 0 Å². The number of hydrogen-bond acceptors (Lipinski definition) is 6. The van der Waals surface area contributed by atoms with Crippen molar-refractivity contribution in [3.8, 4) is 17.0 Å². The summed E-state index contributed by atoms with van der Waals surface area (Å²) in [5, 5.41) is 11.1. The van der Waals surface area contributed by atoms with E-state index in [2.05, 4.69) is 9.97 Å². The van der Waals surface area contributed by atoms with E-state index < -0.39 is 28.6 Å². The number of nitrogens with zero attached hydrogens (tertiary/aromatic N) is 2. The van der Waals surface area contributed by atoms with E-state index in [0.717, 1.165) is 6.07 Å². The predicted molar refractivity (Wildman–Crippen MR) is 113 cm³/mol. The van der Waals surface area contributed by atoms with Gasteiger partial charge in [-0.3, -0.25) is 9.78 Å². The number of fused-ring (bicyclic) bond motifs is 1. The van der Waals surface area contributed by atoms with Crippen molar-refractivity contribution < 1.29 is 23.4 Å². The van der Waals surface area contributed by atoms with Crippen molar-refractivity contribution in [3.05, 3.63) is 76.2 Å². The summed E-state index contributed by atoms with van der Waals surface area (Å²) >= 11 is 5.88. The van der Waals surface area contributed by atoms with Gasteiger partial charge in [-0.05, 0) is 25.1 Å². The number of hydrogen-bond donors (Lipinski definition) is 3. The molecular formula is C22H19ClF2N4O3. The third kappa shape index (κ3) is 3.29. The van der Waals surface area contributed by atoms with Crippen LogP contribution in [0.3, 0.4) is 0 Å². The summed E-state index contributed by atoms with van der Waals surface area (Å²) in [5.41, 5.74) is 8.83. The number of amides is 1. The molecule has 3 heterocycles. The Balaban J connectivity index is 2.05. The van der Waals surface area contributed by atoms with Crippen LogP contribution in [0, 0.1) is 11.6 Å². The van der Waals surface area contributed by atoms with Crippen molar-refractivity contribution in [3.63, 3.8) is 0 Å². The quantitative estimate of drug-likeness (QED) is 0.502. The van der Waals surface area contributed by atoms with Gasteiger partial charge in [-0.1, -0.05) is 17.7 Å². The van der Waals surface area contributed by atoms with Gasteiger partial charge in [0.05, 0.1) is 10.7 Å². The van der Waals surface area contributed by atoms with Gasteiger partial charge >= 0.3 is 0 Å². The molecule has 3 aromatic rings. The molecule has 0 aliphatic carbocycles. The zero-order valence-corrected chi connectivity index (χ0v) is 17.7. The molecule has 2 atom stereocenters. The van der Waals surface area contributed by atoms with E-state index in [1.807, 2.05) is 0 Å². The fraction of sp³-hybridized carbons (Fsp3) is 0.227. The highest BCUT2D eigenvalue weighted by atomic mass is 35.5. The zero-order valence-electron chi connectivity index (χ0n) is 16.9. The largest absolute Gasteiger partial charge is 0.489 e. The maximum absolute atomic E-state index is 14.8. The lowest BCUT2D eigenvalue weighted by Gasteiger charge is -2.28. The third-order valence-corrected chi connectivity index (χ3v) is 6.03. The van der Waals surface area contributed by atoms with Crippen molar-refractivity contribution in [2.45, 2.75) is 17.9 Å². The van der Waals surface area contributed by atoms with E-state index in [1.54, 1.807) is 19.1 Å². The molecule has 1 aliphatic rings. The summed E-state index contributed by atoms with van der Waals surface area (Å²) in [7, 11) is 0. The molecule has 0 spiro atoms. The maximum atomic E-state index is 14.8. The molecule has 10 heteroatoms. The first-order valence-electron chi connectivity index (χ1n) is 9.58. The van der Waals surface area contributed by atoms with Crippen LogP contribution in [0.2, 0.25) is 5.02 Å². The molecule has 1 amide bonds. The molecule has 4 rings (SSSR count). The minimum Gasteiger partial charge on any atom is -0.489 e. The van der Waals surface area contributed by atoms with Gasteiger partial charge in [-0.15, -0.1) is 0 Å². The Hall–Kier alpha value is -3.14. The van der Waals surface area contributed by atoms with E-state index in [1.165, 1.54) is 18.5 Å². The number of benzene rings is 1. The van der Waals surface area contributed by atoms with Crippen molar-refractivity contribution >= 4 is 17.5 Å². The molecule has 0 fully saturated rings. The molecule has 2 aromatic heterocycles. The highest BCUT2D eigenvalue weighted by Crippen LogP contribution is 2.47. The van der Waals surface area contributed by atoms with Crippen LogP contribution in [0.1, 0.15) is 23.7 Å². The van der Waals surface area contributed by atoms with Crippen LogP contribution in [0.4, 0.5) is 8.78 Å². The maximum Gasteiger partial charge on any atom is 0.231 e. The van der Waals surface area contributed by atoms with E-state index in [9.17, 15) is 18.7 Å². The van der Waals surface area contributed by atoms with Gasteiger partial charge in [0.2, 0.25) is 5.91 Å². The highest BCUT2D eigenvalue weighted by Gasteiger charge is 2.46.